The van der Waals surface area contributed by atoms with Crippen molar-refractivity contribution >= 4 is 29.3 Å². The highest BCUT2D eigenvalue weighted by Crippen LogP contribution is 2.36. The molecule has 1 unspecified atom stereocenters. The van der Waals surface area contributed by atoms with Gasteiger partial charge in [0.1, 0.15) is 5.60 Å². The molecule has 3 aromatic rings. The molecule has 1 atom stereocenters. The second kappa shape index (κ2) is 15.1. The first kappa shape index (κ1) is 36.4. The number of hydrogen-bond donors (Lipinski definition) is 1. The molecular weight excluding hydrogens is 671 g/mol. The van der Waals surface area contributed by atoms with Crippen molar-refractivity contribution in [1.29, 1.82) is 0 Å². The number of hydrogen-bond acceptors (Lipinski definition) is 11. The van der Waals surface area contributed by atoms with Crippen molar-refractivity contribution in [2.45, 2.75) is 71.3 Å². The number of alkyl halides is 3. The SMILES string of the molecule is CN1CCN(c2ccc(OC(F)(F)F)c(Nc3nccc(-c4cc5c(n4CCOC4CCCCO4)CCN(C(=O)OC(C)(C)C)C5=O)n3)c2)CC1. The van der Waals surface area contributed by atoms with Crippen LogP contribution in [0.1, 0.15) is 56.1 Å². The van der Waals surface area contributed by atoms with Crippen LogP contribution in [-0.2, 0) is 27.2 Å². The van der Waals surface area contributed by atoms with Gasteiger partial charge >= 0.3 is 12.5 Å². The maximum absolute atomic E-state index is 13.7. The first-order valence-electron chi connectivity index (χ1n) is 17.2. The fourth-order valence-corrected chi connectivity index (χ4v) is 6.36. The van der Waals surface area contributed by atoms with Gasteiger partial charge in [-0.05, 0) is 77.4 Å². The Balaban J connectivity index is 1.31. The summed E-state index contributed by atoms with van der Waals surface area (Å²) >= 11 is 0. The number of aromatic nitrogens is 3. The smallest absolute Gasteiger partial charge is 0.443 e. The van der Waals surface area contributed by atoms with E-state index in [1.807, 2.05) is 11.6 Å². The molecule has 0 aliphatic carbocycles. The molecule has 2 amide bonds. The van der Waals surface area contributed by atoms with Gasteiger partial charge in [0, 0.05) is 69.9 Å². The van der Waals surface area contributed by atoms with E-state index in [2.05, 4.69) is 29.8 Å². The minimum absolute atomic E-state index is 0.0225. The molecule has 0 saturated carbocycles. The zero-order chi connectivity index (χ0) is 36.3. The van der Waals surface area contributed by atoms with E-state index in [0.29, 0.717) is 55.3 Å². The Bertz CT molecular complexity index is 1710. The van der Waals surface area contributed by atoms with Gasteiger partial charge in [-0.1, -0.05) is 0 Å². The number of piperazine rings is 1. The van der Waals surface area contributed by atoms with Crippen molar-refractivity contribution in [2.24, 2.45) is 0 Å². The van der Waals surface area contributed by atoms with Gasteiger partial charge in [-0.3, -0.25) is 4.79 Å². The molecule has 276 valence electrons. The number of carbonyl (C=O) groups is 2. The summed E-state index contributed by atoms with van der Waals surface area (Å²) in [4.78, 5) is 41.0. The molecule has 5 heterocycles. The molecule has 51 heavy (non-hydrogen) atoms. The second-order valence-corrected chi connectivity index (χ2v) is 13.8. The van der Waals surface area contributed by atoms with Gasteiger partial charge in [0.2, 0.25) is 5.95 Å². The molecular formula is C35H44F3N7O6. The van der Waals surface area contributed by atoms with E-state index in [-0.39, 0.29) is 31.1 Å². The van der Waals surface area contributed by atoms with E-state index in [9.17, 15) is 22.8 Å². The molecule has 0 bridgehead atoms. The van der Waals surface area contributed by atoms with Gasteiger partial charge in [-0.25, -0.2) is 19.7 Å². The number of anilines is 3. The van der Waals surface area contributed by atoms with Gasteiger partial charge in [0.05, 0.1) is 29.2 Å². The summed E-state index contributed by atoms with van der Waals surface area (Å²) in [5.74, 6) is -0.901. The third kappa shape index (κ3) is 9.10. The largest absolute Gasteiger partial charge is 0.573 e. The Morgan fingerprint density at radius 3 is 2.55 bits per heavy atom. The van der Waals surface area contributed by atoms with Gasteiger partial charge in [-0.2, -0.15) is 0 Å². The standard InChI is InChI=1S/C35H44F3N7O6/c1-34(2,3)51-33(47)45-13-11-27-24(31(45)46)22-28(44(27)18-20-49-30-7-5-6-19-48-30)25-10-12-39-32(40-25)41-26-21-23(43-16-14-42(4)15-17-43)8-9-29(26)50-35(36,37)38/h8-10,12,21-22,30H,5-7,11,13-20H2,1-4H3,(H,39,40,41). The monoisotopic (exact) mass is 715 g/mol. The quantitative estimate of drug-likeness (QED) is 0.289. The van der Waals surface area contributed by atoms with Crippen LogP contribution in [0.5, 0.6) is 5.75 Å². The number of fused-ring (bicyclic) bond motifs is 1. The Morgan fingerprint density at radius 2 is 1.84 bits per heavy atom. The number of likely N-dealkylation sites (N-methyl/N-ethyl adjacent to an activating group) is 1. The number of nitrogens with zero attached hydrogens (tertiary/aromatic N) is 6. The van der Waals surface area contributed by atoms with Crippen molar-refractivity contribution in [3.63, 3.8) is 0 Å². The van der Waals surface area contributed by atoms with Crippen molar-refractivity contribution in [2.75, 3.05) is 63.2 Å². The fraction of sp³-hybridized carbons (Fsp3) is 0.543. The highest BCUT2D eigenvalue weighted by atomic mass is 19.4. The van der Waals surface area contributed by atoms with Crippen LogP contribution >= 0.6 is 0 Å². The Kier molecular flexibility index (Phi) is 10.7. The van der Waals surface area contributed by atoms with Crippen LogP contribution < -0.4 is 15.0 Å². The normalized spacial score (nSPS) is 18.8. The van der Waals surface area contributed by atoms with Crippen molar-refractivity contribution in [1.82, 2.24) is 24.3 Å². The molecule has 0 spiro atoms. The highest BCUT2D eigenvalue weighted by molar-refractivity contribution is 6.05. The second-order valence-electron chi connectivity index (χ2n) is 13.8. The average Bonchev–Trinajstić information content (AvgIpc) is 3.45. The van der Waals surface area contributed by atoms with Crippen molar-refractivity contribution in [3.05, 3.63) is 47.8 Å². The van der Waals surface area contributed by atoms with Gasteiger partial charge in [0.25, 0.3) is 5.91 Å². The number of ether oxygens (including phenoxy) is 4. The summed E-state index contributed by atoms with van der Waals surface area (Å²) in [7, 11) is 2.02. The molecule has 6 rings (SSSR count). The van der Waals surface area contributed by atoms with Crippen LogP contribution in [0.25, 0.3) is 11.4 Å². The molecule has 2 saturated heterocycles. The van der Waals surface area contributed by atoms with E-state index in [1.165, 1.54) is 12.3 Å². The van der Waals surface area contributed by atoms with Gasteiger partial charge in [-0.15, -0.1) is 13.2 Å². The average molecular weight is 716 g/mol. The molecule has 2 aromatic heterocycles. The molecule has 2 fully saturated rings. The predicted octanol–water partition coefficient (Wildman–Crippen LogP) is 5.82. The van der Waals surface area contributed by atoms with E-state index in [4.69, 9.17) is 14.2 Å². The fourth-order valence-electron chi connectivity index (χ4n) is 6.36. The number of benzene rings is 1. The molecule has 3 aliphatic rings. The Labute approximate surface area is 294 Å². The Morgan fingerprint density at radius 1 is 1.06 bits per heavy atom. The van der Waals surface area contributed by atoms with E-state index < -0.39 is 29.7 Å². The summed E-state index contributed by atoms with van der Waals surface area (Å²) in [6.45, 7) is 9.65. The zero-order valence-electron chi connectivity index (χ0n) is 29.3. The third-order valence-electron chi connectivity index (χ3n) is 8.85. The molecule has 1 aromatic carbocycles. The molecule has 3 aliphatic heterocycles. The highest BCUT2D eigenvalue weighted by Gasteiger charge is 2.36. The molecule has 1 N–H and O–H groups in total. The topological polar surface area (TPSA) is 124 Å². The Hall–Kier alpha value is -4.41. The molecule has 13 nitrogen and oxygen atoms in total. The summed E-state index contributed by atoms with van der Waals surface area (Å²) in [5.41, 5.74) is 1.97. The maximum Gasteiger partial charge on any atom is 0.573 e. The van der Waals surface area contributed by atoms with Crippen LogP contribution in [0, 0.1) is 0 Å². The van der Waals surface area contributed by atoms with Crippen LogP contribution in [0.2, 0.25) is 0 Å². The lowest BCUT2D eigenvalue weighted by molar-refractivity contribution is -0.274. The number of carbonyl (C=O) groups excluding carboxylic acids is 2. The predicted molar refractivity (Wildman–Crippen MR) is 182 cm³/mol. The summed E-state index contributed by atoms with van der Waals surface area (Å²) in [6.07, 6.45) is -1.33. The van der Waals surface area contributed by atoms with E-state index >= 15 is 0 Å². The van der Waals surface area contributed by atoms with Crippen molar-refractivity contribution in [3.8, 4) is 17.1 Å². The minimum atomic E-state index is -4.92. The lowest BCUT2D eigenvalue weighted by Crippen LogP contribution is -2.44. The van der Waals surface area contributed by atoms with Crippen LogP contribution in [0.4, 0.5) is 35.3 Å². The van der Waals surface area contributed by atoms with Gasteiger partial charge < -0.3 is 38.6 Å². The summed E-state index contributed by atoms with van der Waals surface area (Å²) in [6, 6.07) is 7.80. The lowest BCUT2D eigenvalue weighted by atomic mass is 10.1. The summed E-state index contributed by atoms with van der Waals surface area (Å²) < 4.78 is 63.8. The number of nitrogens with one attached hydrogen (secondary N) is 1. The number of amides is 2. The number of imide groups is 1. The zero-order valence-corrected chi connectivity index (χ0v) is 29.3. The minimum Gasteiger partial charge on any atom is -0.443 e. The molecule has 16 heteroatoms. The van der Waals surface area contributed by atoms with Crippen LogP contribution in [0.3, 0.4) is 0 Å². The van der Waals surface area contributed by atoms with Gasteiger partial charge in [0.15, 0.2) is 12.0 Å². The first-order valence-corrected chi connectivity index (χ1v) is 17.2. The summed E-state index contributed by atoms with van der Waals surface area (Å²) in [5, 5.41) is 2.94. The van der Waals surface area contributed by atoms with Crippen LogP contribution in [-0.4, -0.2) is 108 Å². The van der Waals surface area contributed by atoms with E-state index in [1.54, 1.807) is 45.0 Å². The number of halogens is 3. The molecule has 0 radical (unpaired) electrons. The number of rotatable bonds is 9. The third-order valence-corrected chi connectivity index (χ3v) is 8.85. The lowest BCUT2D eigenvalue weighted by Gasteiger charge is -2.34. The maximum atomic E-state index is 13.7. The van der Waals surface area contributed by atoms with Crippen molar-refractivity contribution < 1.29 is 41.7 Å². The first-order chi connectivity index (χ1) is 24.2. The van der Waals surface area contributed by atoms with E-state index in [0.717, 1.165) is 42.9 Å². The van der Waals surface area contributed by atoms with Crippen LogP contribution in [0.15, 0.2) is 36.5 Å².